The van der Waals surface area contributed by atoms with Gasteiger partial charge in [-0.3, -0.25) is 10.4 Å². The number of hydrazine groups is 1. The number of fused-ring (bicyclic) bond motifs is 1. The van der Waals surface area contributed by atoms with Gasteiger partial charge in [0.2, 0.25) is 5.96 Å². The summed E-state index contributed by atoms with van der Waals surface area (Å²) in [5.41, 5.74) is 10.7. The number of aliphatic imine (C=N–C) groups is 1. The van der Waals surface area contributed by atoms with Crippen molar-refractivity contribution in [2.24, 2.45) is 10.7 Å². The van der Waals surface area contributed by atoms with E-state index in [1.54, 1.807) is 6.07 Å². The highest BCUT2D eigenvalue weighted by Gasteiger charge is 2.13. The second kappa shape index (κ2) is 7.98. The van der Waals surface area contributed by atoms with Crippen LogP contribution in [-0.2, 0) is 0 Å². The molecule has 0 spiro atoms. The number of aryl methyl sites for hydroxylation is 1. The number of nitrogens with zero attached hydrogens (tertiary/aromatic N) is 3. The zero-order valence-corrected chi connectivity index (χ0v) is 13.3. The van der Waals surface area contributed by atoms with Gasteiger partial charge in [0.25, 0.3) is 0 Å². The van der Waals surface area contributed by atoms with Crippen molar-refractivity contribution in [1.29, 1.82) is 0 Å². The lowest BCUT2D eigenvalue weighted by Crippen LogP contribution is -2.46. The third-order valence-corrected chi connectivity index (χ3v) is 3.54. The van der Waals surface area contributed by atoms with E-state index in [2.05, 4.69) is 27.7 Å². The Morgan fingerprint density at radius 2 is 2.09 bits per heavy atom. The normalized spacial score (nSPS) is 15.7. The standard InChI is InChI=1S/C15H25N6O/c1-12-5-6-14-13(11-12)18-15(19-21(14)22)17-8-4-10-20(2)9-3-7-16/h5-6,11H,3-4,7-10,16H2,1-2H3,(H2,17,18,19)/q-1. The number of rotatable bonds is 7. The number of benzene rings is 1. The SMILES string of the molecule is Cc1ccc2c(c1)NC(=NCCCN(C)CCCN)NN2[O-]. The molecular weight excluding hydrogens is 280 g/mol. The summed E-state index contributed by atoms with van der Waals surface area (Å²) < 4.78 is 0. The molecule has 0 aromatic heterocycles. The molecule has 0 fully saturated rings. The van der Waals surface area contributed by atoms with Gasteiger partial charge in [-0.15, -0.1) is 0 Å². The fourth-order valence-electron chi connectivity index (χ4n) is 2.32. The molecule has 7 nitrogen and oxygen atoms in total. The molecule has 0 unspecified atom stereocenters. The number of hydrogen-bond donors (Lipinski definition) is 3. The molecule has 0 radical (unpaired) electrons. The van der Waals surface area contributed by atoms with Gasteiger partial charge in [-0.05, 0) is 64.1 Å². The lowest BCUT2D eigenvalue weighted by atomic mass is 10.2. The van der Waals surface area contributed by atoms with Crippen LogP contribution < -0.4 is 21.6 Å². The van der Waals surface area contributed by atoms with Crippen molar-refractivity contribution in [2.75, 3.05) is 43.7 Å². The van der Waals surface area contributed by atoms with E-state index in [1.807, 2.05) is 19.1 Å². The maximum Gasteiger partial charge on any atom is 0.214 e. The summed E-state index contributed by atoms with van der Waals surface area (Å²) in [7, 11) is 2.08. The lowest BCUT2D eigenvalue weighted by molar-refractivity contribution is 0.329. The molecule has 7 heteroatoms. The van der Waals surface area contributed by atoms with Gasteiger partial charge in [0.05, 0.1) is 11.4 Å². The second-order valence-electron chi connectivity index (χ2n) is 5.58. The van der Waals surface area contributed by atoms with Crippen LogP contribution in [-0.4, -0.2) is 44.1 Å². The van der Waals surface area contributed by atoms with E-state index in [9.17, 15) is 5.21 Å². The van der Waals surface area contributed by atoms with Gasteiger partial charge < -0.3 is 26.3 Å². The molecule has 4 N–H and O–H groups in total. The average molecular weight is 305 g/mol. The van der Waals surface area contributed by atoms with Crippen molar-refractivity contribution in [3.8, 4) is 0 Å². The van der Waals surface area contributed by atoms with Crippen LogP contribution in [0.3, 0.4) is 0 Å². The van der Waals surface area contributed by atoms with E-state index in [0.717, 1.165) is 48.9 Å². The smallest absolute Gasteiger partial charge is 0.214 e. The predicted octanol–water partition coefficient (Wildman–Crippen LogP) is 1.26. The van der Waals surface area contributed by atoms with Gasteiger partial charge in [0, 0.05) is 6.54 Å². The third kappa shape index (κ3) is 4.59. The summed E-state index contributed by atoms with van der Waals surface area (Å²) in [6, 6.07) is 5.64. The van der Waals surface area contributed by atoms with Gasteiger partial charge >= 0.3 is 0 Å². The first-order valence-electron chi connectivity index (χ1n) is 7.65. The van der Waals surface area contributed by atoms with Crippen molar-refractivity contribution in [3.63, 3.8) is 0 Å². The molecule has 1 aromatic rings. The van der Waals surface area contributed by atoms with Crippen LogP contribution in [0.1, 0.15) is 18.4 Å². The summed E-state index contributed by atoms with van der Waals surface area (Å²) in [5.74, 6) is 0.498. The van der Waals surface area contributed by atoms with Gasteiger partial charge in [-0.25, -0.2) is 0 Å². The molecule has 0 saturated heterocycles. The predicted molar refractivity (Wildman–Crippen MR) is 91.9 cm³/mol. The monoisotopic (exact) mass is 305 g/mol. The largest absolute Gasteiger partial charge is 0.739 e. The van der Waals surface area contributed by atoms with Crippen LogP contribution in [0.5, 0.6) is 0 Å². The Bertz CT molecular complexity index is 519. The highest BCUT2D eigenvalue weighted by Crippen LogP contribution is 2.27. The first-order chi connectivity index (χ1) is 10.6. The fourth-order valence-corrected chi connectivity index (χ4v) is 2.32. The Morgan fingerprint density at radius 1 is 1.32 bits per heavy atom. The summed E-state index contributed by atoms with van der Waals surface area (Å²) in [4.78, 5) is 6.66. The quantitative estimate of drug-likeness (QED) is 0.657. The molecule has 2 rings (SSSR count). The fraction of sp³-hybridized carbons (Fsp3) is 0.533. The van der Waals surface area contributed by atoms with Gasteiger partial charge in [-0.1, -0.05) is 6.07 Å². The summed E-state index contributed by atoms with van der Waals surface area (Å²) in [6.45, 7) is 5.35. The molecule has 0 saturated carbocycles. The Kier molecular flexibility index (Phi) is 6.00. The third-order valence-electron chi connectivity index (χ3n) is 3.54. The molecule has 1 aliphatic rings. The summed E-state index contributed by atoms with van der Waals surface area (Å²) in [6.07, 6.45) is 1.95. The Balaban J connectivity index is 1.84. The molecule has 1 aromatic carbocycles. The minimum Gasteiger partial charge on any atom is -0.739 e. The summed E-state index contributed by atoms with van der Waals surface area (Å²) in [5, 5.41) is 15.8. The Labute approximate surface area is 131 Å². The highest BCUT2D eigenvalue weighted by molar-refractivity contribution is 6.01. The van der Waals surface area contributed by atoms with E-state index in [4.69, 9.17) is 5.73 Å². The molecule has 0 amide bonds. The van der Waals surface area contributed by atoms with Crippen molar-refractivity contribution < 1.29 is 0 Å². The van der Waals surface area contributed by atoms with Crippen molar-refractivity contribution >= 4 is 17.3 Å². The Hall–Kier alpha value is -1.83. The molecule has 1 heterocycles. The second-order valence-corrected chi connectivity index (χ2v) is 5.58. The van der Waals surface area contributed by atoms with Crippen LogP contribution in [0, 0.1) is 12.1 Å². The highest BCUT2D eigenvalue weighted by atomic mass is 16.5. The van der Waals surface area contributed by atoms with Crippen LogP contribution in [0.2, 0.25) is 0 Å². The zero-order chi connectivity index (χ0) is 15.9. The molecule has 122 valence electrons. The number of hydrogen-bond acceptors (Lipinski definition) is 5. The number of nitrogens with two attached hydrogens (primary N) is 1. The first-order valence-corrected chi connectivity index (χ1v) is 7.65. The first kappa shape index (κ1) is 16.5. The van der Waals surface area contributed by atoms with E-state index < -0.39 is 0 Å². The maximum atomic E-state index is 11.9. The Morgan fingerprint density at radius 3 is 2.86 bits per heavy atom. The number of nitrogens with one attached hydrogen (secondary N) is 2. The minimum absolute atomic E-state index is 0.498. The van der Waals surface area contributed by atoms with Crippen LogP contribution in [0.4, 0.5) is 11.4 Å². The van der Waals surface area contributed by atoms with Crippen molar-refractivity contribution in [1.82, 2.24) is 10.3 Å². The van der Waals surface area contributed by atoms with E-state index in [0.29, 0.717) is 18.2 Å². The molecule has 0 bridgehead atoms. The number of guanidine groups is 1. The van der Waals surface area contributed by atoms with Gasteiger partial charge in [0.15, 0.2) is 0 Å². The van der Waals surface area contributed by atoms with Crippen LogP contribution >= 0.6 is 0 Å². The van der Waals surface area contributed by atoms with Crippen LogP contribution in [0.15, 0.2) is 23.2 Å². The average Bonchev–Trinajstić information content (AvgIpc) is 2.49. The zero-order valence-electron chi connectivity index (χ0n) is 13.3. The van der Waals surface area contributed by atoms with E-state index in [-0.39, 0.29) is 0 Å². The van der Waals surface area contributed by atoms with Crippen molar-refractivity contribution in [3.05, 3.63) is 29.0 Å². The topological polar surface area (TPSA) is 92.0 Å². The van der Waals surface area contributed by atoms with Crippen LogP contribution in [0.25, 0.3) is 0 Å². The molecule has 22 heavy (non-hydrogen) atoms. The van der Waals surface area contributed by atoms with Gasteiger partial charge in [0.1, 0.15) is 0 Å². The molecule has 0 aliphatic carbocycles. The number of anilines is 2. The van der Waals surface area contributed by atoms with Crippen molar-refractivity contribution in [2.45, 2.75) is 19.8 Å². The maximum absolute atomic E-state index is 11.9. The lowest BCUT2D eigenvalue weighted by Gasteiger charge is -2.38. The molecule has 1 aliphatic heterocycles. The van der Waals surface area contributed by atoms with Gasteiger partial charge in [-0.2, -0.15) is 0 Å². The summed E-state index contributed by atoms with van der Waals surface area (Å²) >= 11 is 0. The van der Waals surface area contributed by atoms with E-state index >= 15 is 0 Å². The molecule has 0 atom stereocenters. The van der Waals surface area contributed by atoms with E-state index in [1.165, 1.54) is 0 Å². The molecular formula is C15H25N6O-. The minimum atomic E-state index is 0.498.